The molecule has 0 radical (unpaired) electrons. The van der Waals surface area contributed by atoms with Gasteiger partial charge in [0.15, 0.2) is 5.43 Å². The van der Waals surface area contributed by atoms with E-state index in [4.69, 9.17) is 4.74 Å². The van der Waals surface area contributed by atoms with Crippen molar-refractivity contribution in [1.82, 2.24) is 4.98 Å². The Bertz CT molecular complexity index is 546. The zero-order valence-electron chi connectivity index (χ0n) is 14.2. The first-order chi connectivity index (χ1) is 10.8. The molecule has 1 heterocycles. The maximum Gasteiger partial charge on any atom is 0.309 e. The fourth-order valence-corrected chi connectivity index (χ4v) is 2.58. The molecule has 1 saturated carbocycles. The van der Waals surface area contributed by atoms with Crippen LogP contribution in [0.3, 0.4) is 0 Å². The molecule has 0 unspecified atom stereocenters. The molecule has 0 spiro atoms. The van der Waals surface area contributed by atoms with E-state index in [0.717, 1.165) is 12.8 Å². The minimum Gasteiger partial charge on any atom is -0.460 e. The molecule has 0 saturated heterocycles. The first-order valence-corrected chi connectivity index (χ1v) is 8.91. The second-order valence-electron chi connectivity index (χ2n) is 6.71. The Hall–Kier alpha value is -1.23. The maximum absolute atomic E-state index is 11.7. The number of ether oxygens (including phenoxy) is 1. The van der Waals surface area contributed by atoms with Crippen molar-refractivity contribution >= 4 is 21.9 Å². The smallest absolute Gasteiger partial charge is 0.309 e. The van der Waals surface area contributed by atoms with Gasteiger partial charge < -0.3 is 4.74 Å². The van der Waals surface area contributed by atoms with E-state index in [0.29, 0.717) is 4.47 Å². The fourth-order valence-electron chi connectivity index (χ4n) is 2.33. The van der Waals surface area contributed by atoms with Crippen molar-refractivity contribution in [3.63, 3.8) is 0 Å². The van der Waals surface area contributed by atoms with E-state index < -0.39 is 0 Å². The molecule has 0 atom stereocenters. The summed E-state index contributed by atoms with van der Waals surface area (Å²) in [6.45, 7) is 5.80. The number of aromatic nitrogens is 1. The van der Waals surface area contributed by atoms with Crippen LogP contribution in [0.5, 0.6) is 0 Å². The van der Waals surface area contributed by atoms with Crippen molar-refractivity contribution in [2.24, 2.45) is 5.92 Å². The molecule has 1 aromatic rings. The number of esters is 1. The van der Waals surface area contributed by atoms with Crippen LogP contribution in [-0.4, -0.2) is 16.6 Å². The van der Waals surface area contributed by atoms with Crippen molar-refractivity contribution in [2.75, 3.05) is 0 Å². The summed E-state index contributed by atoms with van der Waals surface area (Å²) in [5, 5.41) is 0. The van der Waals surface area contributed by atoms with Gasteiger partial charge in [-0.1, -0.05) is 25.7 Å². The Morgan fingerprint density at radius 1 is 1.13 bits per heavy atom. The lowest BCUT2D eigenvalue weighted by Gasteiger charge is -2.23. The van der Waals surface area contributed by atoms with Crippen LogP contribution in [0, 0.1) is 5.92 Å². The maximum atomic E-state index is 11.7. The summed E-state index contributed by atoms with van der Waals surface area (Å²) >= 11 is 3.07. The largest absolute Gasteiger partial charge is 0.460 e. The molecule has 0 aliphatic heterocycles. The molecule has 0 amide bonds. The first-order valence-electron chi connectivity index (χ1n) is 8.12. The lowest BCUT2D eigenvalue weighted by molar-refractivity contribution is -0.160. The number of rotatable bonds is 1. The highest BCUT2D eigenvalue weighted by Gasteiger charge is 2.25. The van der Waals surface area contributed by atoms with Gasteiger partial charge in [0.05, 0.1) is 10.4 Å². The van der Waals surface area contributed by atoms with Crippen LogP contribution in [0.25, 0.3) is 0 Å². The van der Waals surface area contributed by atoms with Crippen molar-refractivity contribution in [3.05, 3.63) is 39.2 Å². The predicted octanol–water partition coefficient (Wildman–Crippen LogP) is 4.50. The summed E-state index contributed by atoms with van der Waals surface area (Å²) in [4.78, 5) is 26.2. The normalized spacial score (nSPS) is 15.8. The summed E-state index contributed by atoms with van der Waals surface area (Å²) < 4.78 is 5.94. The van der Waals surface area contributed by atoms with Gasteiger partial charge in [-0.3, -0.25) is 14.6 Å². The minimum absolute atomic E-state index is 0.0133. The molecule has 5 heteroatoms. The van der Waals surface area contributed by atoms with E-state index in [9.17, 15) is 9.59 Å². The molecule has 0 bridgehead atoms. The molecule has 0 aromatic carbocycles. The third kappa shape index (κ3) is 8.84. The van der Waals surface area contributed by atoms with Crippen LogP contribution in [0.15, 0.2) is 33.8 Å². The van der Waals surface area contributed by atoms with Gasteiger partial charge >= 0.3 is 5.97 Å². The molecule has 23 heavy (non-hydrogen) atoms. The Balaban J connectivity index is 0.000000253. The van der Waals surface area contributed by atoms with Gasteiger partial charge in [0.1, 0.15) is 5.60 Å². The van der Waals surface area contributed by atoms with E-state index in [1.54, 1.807) is 12.3 Å². The van der Waals surface area contributed by atoms with Crippen molar-refractivity contribution in [3.8, 4) is 0 Å². The lowest BCUT2D eigenvalue weighted by Crippen LogP contribution is -2.28. The fraction of sp³-hybridized carbons (Fsp3) is 0.611. The van der Waals surface area contributed by atoms with Gasteiger partial charge in [0.25, 0.3) is 0 Å². The third-order valence-electron chi connectivity index (χ3n) is 3.45. The molecular formula is C18H26BrNO3. The molecule has 2 rings (SSSR count). The Labute approximate surface area is 146 Å². The minimum atomic E-state index is -0.330. The highest BCUT2D eigenvalue weighted by molar-refractivity contribution is 9.10. The predicted molar refractivity (Wildman–Crippen MR) is 95.2 cm³/mol. The van der Waals surface area contributed by atoms with Gasteiger partial charge in [-0.05, 0) is 55.6 Å². The van der Waals surface area contributed by atoms with Gasteiger partial charge in [0, 0.05) is 18.5 Å². The van der Waals surface area contributed by atoms with E-state index in [1.165, 1.54) is 37.9 Å². The van der Waals surface area contributed by atoms with Crippen LogP contribution in [0.2, 0.25) is 0 Å². The number of carbonyl (C=O) groups excluding carboxylic acids is 1. The summed E-state index contributed by atoms with van der Waals surface area (Å²) in [6.07, 6.45) is 9.99. The van der Waals surface area contributed by atoms with Crippen LogP contribution < -0.4 is 5.43 Å². The summed E-state index contributed by atoms with van der Waals surface area (Å²) in [7, 11) is 0. The highest BCUT2D eigenvalue weighted by Crippen LogP contribution is 2.25. The summed E-state index contributed by atoms with van der Waals surface area (Å²) in [5.74, 6) is 0.177. The Kier molecular flexibility index (Phi) is 8.45. The Morgan fingerprint density at radius 3 is 2.26 bits per heavy atom. The zero-order valence-corrected chi connectivity index (χ0v) is 15.8. The number of carbonyl (C=O) groups is 1. The molecule has 1 aliphatic carbocycles. The second-order valence-corrected chi connectivity index (χ2v) is 7.57. The van der Waals surface area contributed by atoms with Crippen molar-refractivity contribution in [2.45, 2.75) is 64.9 Å². The van der Waals surface area contributed by atoms with E-state index in [2.05, 4.69) is 20.9 Å². The molecule has 1 fully saturated rings. The molecule has 128 valence electrons. The molecular weight excluding hydrogens is 358 g/mol. The monoisotopic (exact) mass is 383 g/mol. The molecule has 0 N–H and O–H groups in total. The number of hydrogen-bond acceptors (Lipinski definition) is 4. The van der Waals surface area contributed by atoms with Crippen LogP contribution in [0.1, 0.15) is 59.3 Å². The van der Waals surface area contributed by atoms with Crippen molar-refractivity contribution in [1.29, 1.82) is 0 Å². The average molecular weight is 384 g/mol. The number of halogens is 1. The highest BCUT2D eigenvalue weighted by atomic mass is 79.9. The first kappa shape index (κ1) is 19.8. The van der Waals surface area contributed by atoms with Gasteiger partial charge in [0.2, 0.25) is 0 Å². The topological polar surface area (TPSA) is 56.3 Å². The molecule has 1 aromatic heterocycles. The van der Waals surface area contributed by atoms with Gasteiger partial charge in [-0.15, -0.1) is 0 Å². The van der Waals surface area contributed by atoms with E-state index >= 15 is 0 Å². The van der Waals surface area contributed by atoms with Crippen LogP contribution in [-0.2, 0) is 9.53 Å². The van der Waals surface area contributed by atoms with Crippen LogP contribution in [0.4, 0.5) is 0 Å². The van der Waals surface area contributed by atoms with Crippen LogP contribution >= 0.6 is 15.9 Å². The molecule has 1 aliphatic rings. The second kappa shape index (κ2) is 9.81. The zero-order chi connectivity index (χ0) is 17.3. The average Bonchev–Trinajstić information content (AvgIpc) is 2.82. The third-order valence-corrected chi connectivity index (χ3v) is 4.10. The van der Waals surface area contributed by atoms with Crippen molar-refractivity contribution < 1.29 is 9.53 Å². The summed E-state index contributed by atoms with van der Waals surface area (Å²) in [6, 6.07) is 3.02. The lowest BCUT2D eigenvalue weighted by atomic mass is 10.0. The quantitative estimate of drug-likeness (QED) is 0.528. The Morgan fingerprint density at radius 2 is 1.70 bits per heavy atom. The van der Waals surface area contributed by atoms with Gasteiger partial charge in [-0.25, -0.2) is 0 Å². The van der Waals surface area contributed by atoms with E-state index in [1.807, 2.05) is 20.8 Å². The standard InChI is InChI=1S/C12H22O2.C6H4BrNO/c1-12(2,3)14-11(13)10-8-6-4-5-7-9-10;7-5-1-3-8-4-2-6(5)9/h10H,4-9H2,1-3H3;1-4H. The van der Waals surface area contributed by atoms with E-state index in [-0.39, 0.29) is 22.9 Å². The summed E-state index contributed by atoms with van der Waals surface area (Å²) in [5.41, 5.74) is -0.379. The number of nitrogens with zero attached hydrogens (tertiary/aromatic N) is 1. The number of hydrogen-bond donors (Lipinski definition) is 0. The molecule has 4 nitrogen and oxygen atoms in total. The van der Waals surface area contributed by atoms with Gasteiger partial charge in [-0.2, -0.15) is 0 Å². The SMILES string of the molecule is CC(C)(C)OC(=O)C1CCCCCC1.O=c1ccnccc1Br.